The van der Waals surface area contributed by atoms with Gasteiger partial charge >= 0.3 is 0 Å². The number of hydrogen-bond donors (Lipinski definition) is 1. The van der Waals surface area contributed by atoms with Gasteiger partial charge in [-0.15, -0.1) is 0 Å². The minimum absolute atomic E-state index is 0.0278. The van der Waals surface area contributed by atoms with E-state index in [9.17, 15) is 0 Å². The van der Waals surface area contributed by atoms with E-state index in [4.69, 9.17) is 9.84 Å². The lowest BCUT2D eigenvalue weighted by molar-refractivity contribution is 0.276. The van der Waals surface area contributed by atoms with Crippen LogP contribution in [0.5, 0.6) is 5.75 Å². The molecule has 60 valence electrons. The zero-order chi connectivity index (χ0) is 8.27. The zero-order valence-corrected chi connectivity index (χ0v) is 8.20. The molecule has 0 fully saturated rings. The van der Waals surface area contributed by atoms with Crippen molar-refractivity contribution >= 4 is 22.6 Å². The van der Waals surface area contributed by atoms with Gasteiger partial charge in [-0.05, 0) is 34.7 Å². The second-order valence-corrected chi connectivity index (χ2v) is 2.98. The van der Waals surface area contributed by atoms with Gasteiger partial charge in [-0.3, -0.25) is 0 Å². The van der Waals surface area contributed by atoms with Crippen LogP contribution in [0.2, 0.25) is 0 Å². The molecule has 1 N–H and O–H groups in total. The van der Waals surface area contributed by atoms with Crippen LogP contribution >= 0.6 is 22.6 Å². The van der Waals surface area contributed by atoms with E-state index < -0.39 is 0 Å². The second-order valence-electron chi connectivity index (χ2n) is 1.95. The number of aliphatic hydroxyl groups excluding tert-OH is 1. The topological polar surface area (TPSA) is 42.4 Å². The number of ether oxygens (including phenoxy) is 1. The molecule has 0 aliphatic heterocycles. The average molecular weight is 265 g/mol. The smallest absolute Gasteiger partial charge is 0.150 e. The fraction of sp³-hybridized carbons (Fsp3) is 0.286. The Morgan fingerprint density at radius 3 is 2.82 bits per heavy atom. The van der Waals surface area contributed by atoms with Crippen LogP contribution in [-0.2, 0) is 6.61 Å². The Bertz CT molecular complexity index is 252. The Balaban J connectivity index is 2.99. The van der Waals surface area contributed by atoms with Gasteiger partial charge in [-0.1, -0.05) is 0 Å². The van der Waals surface area contributed by atoms with Crippen LogP contribution in [0.1, 0.15) is 5.69 Å². The third-order valence-electron chi connectivity index (χ3n) is 1.25. The summed E-state index contributed by atoms with van der Waals surface area (Å²) < 4.78 is 5.77. The molecule has 11 heavy (non-hydrogen) atoms. The van der Waals surface area contributed by atoms with Gasteiger partial charge in [0, 0.05) is 0 Å². The first-order chi connectivity index (χ1) is 5.27. The summed E-state index contributed by atoms with van der Waals surface area (Å²) in [5, 5.41) is 8.72. The zero-order valence-electron chi connectivity index (χ0n) is 6.04. The van der Waals surface area contributed by atoms with Gasteiger partial charge < -0.3 is 9.84 Å². The number of methoxy groups -OCH3 is 1. The molecular formula is C7H8INO2. The number of pyridine rings is 1. The first-order valence-electron chi connectivity index (χ1n) is 3.08. The summed E-state index contributed by atoms with van der Waals surface area (Å²) in [7, 11) is 1.60. The second kappa shape index (κ2) is 3.87. The Hall–Kier alpha value is -0.360. The van der Waals surface area contributed by atoms with E-state index in [0.717, 1.165) is 9.45 Å². The van der Waals surface area contributed by atoms with Crippen LogP contribution in [0.4, 0.5) is 0 Å². The molecule has 0 saturated carbocycles. The lowest BCUT2D eigenvalue weighted by Crippen LogP contribution is -1.94. The molecule has 4 heteroatoms. The fourth-order valence-electron chi connectivity index (χ4n) is 0.699. The van der Waals surface area contributed by atoms with Crippen molar-refractivity contribution in [3.05, 3.63) is 21.5 Å². The molecule has 1 rings (SSSR count). The largest absolute Gasteiger partial charge is 0.494 e. The van der Waals surface area contributed by atoms with Crippen molar-refractivity contribution in [1.82, 2.24) is 4.98 Å². The first-order valence-corrected chi connectivity index (χ1v) is 4.16. The minimum Gasteiger partial charge on any atom is -0.494 e. The highest BCUT2D eigenvalue weighted by Gasteiger charge is 2.00. The van der Waals surface area contributed by atoms with Gasteiger partial charge in [0.2, 0.25) is 0 Å². The maximum Gasteiger partial charge on any atom is 0.150 e. The van der Waals surface area contributed by atoms with E-state index in [-0.39, 0.29) is 6.61 Å². The maximum absolute atomic E-state index is 8.72. The molecule has 0 radical (unpaired) electrons. The van der Waals surface area contributed by atoms with E-state index >= 15 is 0 Å². The number of aromatic nitrogens is 1. The average Bonchev–Trinajstić information content (AvgIpc) is 2.04. The monoisotopic (exact) mass is 265 g/mol. The standard InChI is InChI=1S/C7H8INO2/c1-11-6-3-2-5(4-10)9-7(6)8/h2-3,10H,4H2,1H3. The number of halogens is 1. The van der Waals surface area contributed by atoms with Crippen molar-refractivity contribution in [2.75, 3.05) is 7.11 Å². The molecule has 0 saturated heterocycles. The van der Waals surface area contributed by atoms with Gasteiger partial charge in [-0.2, -0.15) is 0 Å². The summed E-state index contributed by atoms with van der Waals surface area (Å²) in [5.41, 5.74) is 0.662. The summed E-state index contributed by atoms with van der Waals surface area (Å²) in [6, 6.07) is 3.53. The quantitative estimate of drug-likeness (QED) is 0.645. The molecule has 1 aromatic heterocycles. The van der Waals surface area contributed by atoms with E-state index in [1.807, 2.05) is 0 Å². The van der Waals surface area contributed by atoms with Crippen molar-refractivity contribution in [2.24, 2.45) is 0 Å². The van der Waals surface area contributed by atoms with Crippen molar-refractivity contribution in [3.8, 4) is 5.75 Å². The van der Waals surface area contributed by atoms with Gasteiger partial charge in [0.15, 0.2) is 5.75 Å². The number of rotatable bonds is 2. The number of nitrogens with zero attached hydrogens (tertiary/aromatic N) is 1. The summed E-state index contributed by atoms with van der Waals surface area (Å²) in [5.74, 6) is 0.739. The molecule has 0 aromatic carbocycles. The lowest BCUT2D eigenvalue weighted by atomic mass is 10.3. The Labute approximate surface area is 78.6 Å². The van der Waals surface area contributed by atoms with E-state index in [1.54, 1.807) is 19.2 Å². The first kappa shape index (κ1) is 8.73. The number of hydrogen-bond acceptors (Lipinski definition) is 3. The Morgan fingerprint density at radius 2 is 2.36 bits per heavy atom. The van der Waals surface area contributed by atoms with Crippen LogP contribution in [0, 0.1) is 3.70 Å². The van der Waals surface area contributed by atoms with Crippen LogP contribution < -0.4 is 4.74 Å². The van der Waals surface area contributed by atoms with Gasteiger partial charge in [0.05, 0.1) is 19.4 Å². The highest BCUT2D eigenvalue weighted by Crippen LogP contribution is 2.17. The summed E-state index contributed by atoms with van der Waals surface area (Å²) in [6.45, 7) is -0.0278. The molecule has 0 aliphatic rings. The molecular weight excluding hydrogens is 257 g/mol. The highest BCUT2D eigenvalue weighted by molar-refractivity contribution is 14.1. The normalized spacial score (nSPS) is 9.73. The molecule has 1 aromatic rings. The van der Waals surface area contributed by atoms with Crippen molar-refractivity contribution in [2.45, 2.75) is 6.61 Å². The molecule has 0 aliphatic carbocycles. The van der Waals surface area contributed by atoms with Gasteiger partial charge in [0.1, 0.15) is 3.70 Å². The van der Waals surface area contributed by atoms with E-state index in [0.29, 0.717) is 5.69 Å². The molecule has 0 bridgehead atoms. The third kappa shape index (κ3) is 2.03. The summed E-state index contributed by atoms with van der Waals surface area (Å²) in [4.78, 5) is 4.07. The van der Waals surface area contributed by atoms with Crippen LogP contribution in [0.3, 0.4) is 0 Å². The molecule has 0 atom stereocenters. The highest BCUT2D eigenvalue weighted by atomic mass is 127. The third-order valence-corrected chi connectivity index (χ3v) is 2.03. The predicted molar refractivity (Wildman–Crippen MR) is 49.4 cm³/mol. The number of aliphatic hydroxyl groups is 1. The van der Waals surface area contributed by atoms with Crippen LogP contribution in [-0.4, -0.2) is 17.2 Å². The van der Waals surface area contributed by atoms with Gasteiger partial charge in [0.25, 0.3) is 0 Å². The summed E-state index contributed by atoms with van der Waals surface area (Å²) >= 11 is 2.06. The predicted octanol–water partition coefficient (Wildman–Crippen LogP) is 1.19. The molecule has 0 unspecified atom stereocenters. The van der Waals surface area contributed by atoms with Crippen LogP contribution in [0.25, 0.3) is 0 Å². The Kier molecular flexibility index (Phi) is 3.07. The van der Waals surface area contributed by atoms with Gasteiger partial charge in [-0.25, -0.2) is 4.98 Å². The molecule has 0 spiro atoms. The minimum atomic E-state index is -0.0278. The van der Waals surface area contributed by atoms with E-state index in [1.165, 1.54) is 0 Å². The fourth-order valence-corrected chi connectivity index (χ4v) is 1.41. The van der Waals surface area contributed by atoms with Crippen LogP contribution in [0.15, 0.2) is 12.1 Å². The van der Waals surface area contributed by atoms with Crippen molar-refractivity contribution in [3.63, 3.8) is 0 Å². The SMILES string of the molecule is COc1ccc(CO)nc1I. The Morgan fingerprint density at radius 1 is 1.64 bits per heavy atom. The molecule has 3 nitrogen and oxygen atoms in total. The van der Waals surface area contributed by atoms with Crippen molar-refractivity contribution in [1.29, 1.82) is 0 Å². The summed E-state index contributed by atoms with van der Waals surface area (Å²) in [6.07, 6.45) is 0. The maximum atomic E-state index is 8.72. The molecule has 1 heterocycles. The molecule has 0 amide bonds. The van der Waals surface area contributed by atoms with E-state index in [2.05, 4.69) is 27.6 Å². The lowest BCUT2D eigenvalue weighted by Gasteiger charge is -2.02. The van der Waals surface area contributed by atoms with Crippen molar-refractivity contribution < 1.29 is 9.84 Å².